The molecule has 0 amide bonds. The quantitative estimate of drug-likeness (QED) is 0.558. The van der Waals surface area contributed by atoms with Gasteiger partial charge < -0.3 is 14.2 Å². The molecule has 0 aromatic carbocycles. The fraction of sp³-hybridized carbons (Fsp3) is 0.650. The highest BCUT2D eigenvalue weighted by Gasteiger charge is 2.38. The molecule has 1 fully saturated rings. The Morgan fingerprint density at radius 1 is 1.30 bits per heavy atom. The Morgan fingerprint density at radius 3 is 2.70 bits per heavy atom. The molecule has 0 saturated carbocycles. The van der Waals surface area contributed by atoms with Crippen LogP contribution in [0.4, 0.5) is 13.6 Å². The van der Waals surface area contributed by atoms with Gasteiger partial charge in [-0.3, -0.25) is 13.9 Å². The Labute approximate surface area is 187 Å². The maximum atomic E-state index is 14.6. The summed E-state index contributed by atoms with van der Waals surface area (Å²) in [5.41, 5.74) is -1.51. The Morgan fingerprint density at radius 2 is 2.03 bits per heavy atom. The van der Waals surface area contributed by atoms with Crippen molar-refractivity contribution in [3.8, 4) is 0 Å². The largest absolute Gasteiger partial charge is 0.508 e. The Bertz CT molecular complexity index is 1110. The number of halogens is 2. The molecule has 0 radical (unpaired) electrons. The minimum absolute atomic E-state index is 0.000502. The van der Waals surface area contributed by atoms with Crippen LogP contribution in [0.3, 0.4) is 0 Å². The summed E-state index contributed by atoms with van der Waals surface area (Å²) >= 11 is 0. The van der Waals surface area contributed by atoms with Crippen molar-refractivity contribution in [3.63, 3.8) is 0 Å². The molecule has 13 heteroatoms. The molecule has 3 rings (SSSR count). The zero-order valence-corrected chi connectivity index (χ0v) is 18.9. The smallest absolute Gasteiger partial charge is 0.431 e. The maximum absolute atomic E-state index is 14.6. The topological polar surface area (TPSA) is 119 Å². The first-order chi connectivity index (χ1) is 15.5. The molecule has 0 aliphatic carbocycles. The molecule has 2 aromatic heterocycles. The maximum Gasteiger partial charge on any atom is 0.508 e. The summed E-state index contributed by atoms with van der Waals surface area (Å²) in [7, 11) is 0. The molecule has 3 atom stereocenters. The first-order valence-electron chi connectivity index (χ1n) is 10.4. The van der Waals surface area contributed by atoms with Crippen molar-refractivity contribution in [3.05, 3.63) is 44.5 Å². The van der Waals surface area contributed by atoms with Gasteiger partial charge in [0.2, 0.25) is 0 Å². The van der Waals surface area contributed by atoms with Crippen molar-refractivity contribution in [1.82, 2.24) is 24.1 Å². The molecule has 3 heterocycles. The van der Waals surface area contributed by atoms with Crippen LogP contribution in [0.15, 0.2) is 22.0 Å². The van der Waals surface area contributed by atoms with E-state index in [4.69, 9.17) is 14.2 Å². The van der Waals surface area contributed by atoms with Crippen LogP contribution < -0.4 is 11.2 Å². The molecule has 1 unspecified atom stereocenters. The van der Waals surface area contributed by atoms with Gasteiger partial charge in [-0.1, -0.05) is 5.21 Å². The monoisotopic (exact) mass is 471 g/mol. The lowest BCUT2D eigenvalue weighted by Gasteiger charge is -2.20. The fourth-order valence-corrected chi connectivity index (χ4v) is 3.31. The van der Waals surface area contributed by atoms with Crippen LogP contribution in [0.2, 0.25) is 0 Å². The standard InChI is InChI=1S/C20H27F2N5O6/c1-12-8-26(16-7-14(22)15(32-16)11-31-19(30)33-20(2,3)4)18(29)27(17(12)28)10-13-9-25(6-5-21)24-23-13/h8-9,14-16H,5-7,10-11H2,1-4H3/t14?,15-,16-/m1/s1. The van der Waals surface area contributed by atoms with E-state index in [2.05, 4.69) is 10.3 Å². The van der Waals surface area contributed by atoms with Crippen LogP contribution in [-0.2, 0) is 27.3 Å². The van der Waals surface area contributed by atoms with Crippen molar-refractivity contribution in [2.75, 3.05) is 13.3 Å². The number of carbonyl (C=O) groups excluding carboxylic acids is 1. The van der Waals surface area contributed by atoms with E-state index in [1.54, 1.807) is 20.8 Å². The first kappa shape index (κ1) is 24.6. The molecule has 11 nitrogen and oxygen atoms in total. The molecule has 33 heavy (non-hydrogen) atoms. The summed E-state index contributed by atoms with van der Waals surface area (Å²) < 4.78 is 45.9. The summed E-state index contributed by atoms with van der Waals surface area (Å²) in [6.45, 7) is 5.29. The first-order valence-corrected chi connectivity index (χ1v) is 10.4. The number of hydrogen-bond donors (Lipinski definition) is 0. The van der Waals surface area contributed by atoms with Crippen molar-refractivity contribution >= 4 is 6.16 Å². The summed E-state index contributed by atoms with van der Waals surface area (Å²) in [4.78, 5) is 37.3. The average Bonchev–Trinajstić information content (AvgIpc) is 3.31. The highest BCUT2D eigenvalue weighted by molar-refractivity contribution is 5.60. The zero-order chi connectivity index (χ0) is 24.3. The third-order valence-electron chi connectivity index (χ3n) is 4.81. The average molecular weight is 471 g/mol. The van der Waals surface area contributed by atoms with Crippen LogP contribution >= 0.6 is 0 Å². The highest BCUT2D eigenvalue weighted by Crippen LogP contribution is 2.30. The number of hydrogen-bond acceptors (Lipinski definition) is 8. The summed E-state index contributed by atoms with van der Waals surface area (Å²) in [5, 5.41) is 7.58. The number of aryl methyl sites for hydroxylation is 2. The van der Waals surface area contributed by atoms with E-state index in [-0.39, 0.29) is 25.1 Å². The molecule has 1 aliphatic rings. The van der Waals surface area contributed by atoms with E-state index in [9.17, 15) is 23.2 Å². The predicted molar refractivity (Wildman–Crippen MR) is 110 cm³/mol. The van der Waals surface area contributed by atoms with Crippen molar-refractivity contribution in [1.29, 1.82) is 0 Å². The molecule has 1 aliphatic heterocycles. The van der Waals surface area contributed by atoms with Crippen LogP contribution in [-0.4, -0.2) is 61.4 Å². The van der Waals surface area contributed by atoms with E-state index in [0.29, 0.717) is 5.69 Å². The number of nitrogens with zero attached hydrogens (tertiary/aromatic N) is 5. The molecule has 182 valence electrons. The van der Waals surface area contributed by atoms with Crippen LogP contribution in [0.5, 0.6) is 0 Å². The van der Waals surface area contributed by atoms with E-state index < -0.39 is 54.8 Å². The molecular weight excluding hydrogens is 444 g/mol. The number of aromatic nitrogens is 5. The summed E-state index contributed by atoms with van der Waals surface area (Å²) in [6.07, 6.45) is -2.01. The van der Waals surface area contributed by atoms with Gasteiger partial charge in [-0.05, 0) is 27.7 Å². The van der Waals surface area contributed by atoms with Gasteiger partial charge in [0.25, 0.3) is 5.56 Å². The van der Waals surface area contributed by atoms with Gasteiger partial charge >= 0.3 is 11.8 Å². The highest BCUT2D eigenvalue weighted by atomic mass is 19.1. The second-order valence-electron chi connectivity index (χ2n) is 8.71. The Hall–Kier alpha value is -3.09. The molecule has 1 saturated heterocycles. The molecule has 2 aromatic rings. The van der Waals surface area contributed by atoms with Gasteiger partial charge in [-0.15, -0.1) is 5.10 Å². The molecule has 0 bridgehead atoms. The lowest BCUT2D eigenvalue weighted by molar-refractivity contribution is -0.0626. The third kappa shape index (κ3) is 6.03. The van der Waals surface area contributed by atoms with Crippen LogP contribution in [0, 0.1) is 6.92 Å². The van der Waals surface area contributed by atoms with Crippen molar-refractivity contribution < 1.29 is 27.8 Å². The van der Waals surface area contributed by atoms with Crippen molar-refractivity contribution in [2.45, 2.75) is 71.3 Å². The van der Waals surface area contributed by atoms with Gasteiger partial charge in [0, 0.05) is 18.2 Å². The Kier molecular flexibility index (Phi) is 7.30. The van der Waals surface area contributed by atoms with Gasteiger partial charge in [-0.2, -0.15) is 0 Å². The van der Waals surface area contributed by atoms with E-state index in [1.807, 2.05) is 0 Å². The van der Waals surface area contributed by atoms with Crippen molar-refractivity contribution in [2.24, 2.45) is 0 Å². The second-order valence-corrected chi connectivity index (χ2v) is 8.71. The lowest BCUT2D eigenvalue weighted by Crippen LogP contribution is -2.42. The Balaban J connectivity index is 1.75. The predicted octanol–water partition coefficient (Wildman–Crippen LogP) is 1.51. The number of alkyl halides is 2. The summed E-state index contributed by atoms with van der Waals surface area (Å²) in [6, 6.07) is 0. The van der Waals surface area contributed by atoms with Gasteiger partial charge in [0.15, 0.2) is 0 Å². The molecule has 0 N–H and O–H groups in total. The SMILES string of the molecule is Cc1cn([C@H]2CC(F)[C@@H](COC(=O)OC(C)(C)C)O2)c(=O)n(Cc2cn(CCF)nn2)c1=O. The van der Waals surface area contributed by atoms with Gasteiger partial charge in [0.05, 0.1) is 19.3 Å². The third-order valence-corrected chi connectivity index (χ3v) is 4.81. The van der Waals surface area contributed by atoms with E-state index in [1.165, 1.54) is 24.0 Å². The lowest BCUT2D eigenvalue weighted by atomic mass is 10.2. The zero-order valence-electron chi connectivity index (χ0n) is 18.9. The van der Waals surface area contributed by atoms with Gasteiger partial charge in [-0.25, -0.2) is 23.1 Å². The molecular formula is C20H27F2N5O6. The minimum Gasteiger partial charge on any atom is -0.431 e. The van der Waals surface area contributed by atoms with Crippen LogP contribution in [0.1, 0.15) is 44.7 Å². The second kappa shape index (κ2) is 9.81. The van der Waals surface area contributed by atoms with Crippen LogP contribution in [0.25, 0.3) is 0 Å². The minimum atomic E-state index is -1.51. The number of ether oxygens (including phenoxy) is 3. The van der Waals surface area contributed by atoms with E-state index in [0.717, 1.165) is 9.13 Å². The number of carbonyl (C=O) groups is 1. The van der Waals surface area contributed by atoms with Gasteiger partial charge in [0.1, 0.15) is 43.1 Å². The normalized spacial score (nSPS) is 20.7. The fourth-order valence-electron chi connectivity index (χ4n) is 3.31. The summed E-state index contributed by atoms with van der Waals surface area (Å²) in [5.74, 6) is 0. The van der Waals surface area contributed by atoms with E-state index >= 15 is 0 Å². The number of rotatable bonds is 7. The molecule has 0 spiro atoms.